The highest BCUT2D eigenvalue weighted by molar-refractivity contribution is 6.28. The quantitative estimate of drug-likeness (QED) is 0.173. The summed E-state index contributed by atoms with van der Waals surface area (Å²) in [5, 5.41) is 4.67. The Kier molecular flexibility index (Phi) is 11.5. The number of nitrogens with one attached hydrogen (secondary N) is 1. The first-order valence-electron chi connectivity index (χ1n) is 18.1. The molecular formula is C39H56N2O3. The van der Waals surface area contributed by atoms with Gasteiger partial charge in [0.05, 0.1) is 0 Å². The molecule has 0 bridgehead atoms. The van der Waals surface area contributed by atoms with E-state index in [0.29, 0.717) is 33.9 Å². The highest BCUT2D eigenvalue weighted by Crippen LogP contribution is 2.39. The number of nitrogens with zero attached hydrogens (tertiary/aromatic N) is 1. The number of carbonyl (C=O) groups is 3. The van der Waals surface area contributed by atoms with Gasteiger partial charge in [0.15, 0.2) is 0 Å². The summed E-state index contributed by atoms with van der Waals surface area (Å²) in [5.41, 5.74) is 2.63. The standard InChI is InChI=1S/C39H56N2O3/c1-4-5-6-7-8-9-10-11-12-13-14-29-18-22-31(23-19-29)41-38(43)33-24-17-28(3)35-32(25-26-34(36(33)35)39(41)44)37(42)40-30-20-15-27(2)16-21-30/h17,24-27,29-31H,4-16,18-23H2,1-3H3,(H,40,42). The number of benzene rings is 2. The molecule has 0 atom stereocenters. The number of imide groups is 1. The summed E-state index contributed by atoms with van der Waals surface area (Å²) in [7, 11) is 0. The molecule has 0 unspecified atom stereocenters. The second-order valence-electron chi connectivity index (χ2n) is 14.4. The van der Waals surface area contributed by atoms with Crippen LogP contribution in [0.1, 0.15) is 172 Å². The summed E-state index contributed by atoms with van der Waals surface area (Å²) in [6.45, 7) is 6.52. The van der Waals surface area contributed by atoms with E-state index in [0.717, 1.165) is 62.3 Å². The van der Waals surface area contributed by atoms with E-state index in [2.05, 4.69) is 19.2 Å². The van der Waals surface area contributed by atoms with Gasteiger partial charge in [-0.3, -0.25) is 19.3 Å². The van der Waals surface area contributed by atoms with Crippen molar-refractivity contribution in [3.05, 3.63) is 46.5 Å². The Morgan fingerprint density at radius 3 is 1.91 bits per heavy atom. The maximum absolute atomic E-state index is 13.9. The van der Waals surface area contributed by atoms with Gasteiger partial charge in [-0.2, -0.15) is 0 Å². The van der Waals surface area contributed by atoms with Gasteiger partial charge in [-0.15, -0.1) is 0 Å². The third-order valence-electron chi connectivity index (χ3n) is 11.0. The van der Waals surface area contributed by atoms with Crippen molar-refractivity contribution in [2.45, 2.75) is 155 Å². The van der Waals surface area contributed by atoms with Crippen LogP contribution in [0, 0.1) is 18.8 Å². The lowest BCUT2D eigenvalue weighted by Crippen LogP contribution is -2.48. The molecule has 2 fully saturated rings. The van der Waals surface area contributed by atoms with Crippen molar-refractivity contribution in [1.82, 2.24) is 10.2 Å². The predicted molar refractivity (Wildman–Crippen MR) is 180 cm³/mol. The first-order chi connectivity index (χ1) is 21.4. The zero-order valence-electron chi connectivity index (χ0n) is 27.7. The Hall–Kier alpha value is -2.69. The number of hydrogen-bond donors (Lipinski definition) is 1. The number of rotatable bonds is 14. The van der Waals surface area contributed by atoms with Crippen LogP contribution in [-0.2, 0) is 0 Å². The first-order valence-corrected chi connectivity index (χ1v) is 18.1. The molecule has 5 nitrogen and oxygen atoms in total. The lowest BCUT2D eigenvalue weighted by atomic mass is 9.81. The van der Waals surface area contributed by atoms with E-state index in [1.54, 1.807) is 11.0 Å². The molecule has 1 aliphatic heterocycles. The van der Waals surface area contributed by atoms with Gasteiger partial charge in [-0.1, -0.05) is 90.5 Å². The van der Waals surface area contributed by atoms with Gasteiger partial charge in [0.25, 0.3) is 17.7 Å². The first kappa shape index (κ1) is 32.7. The molecule has 0 saturated heterocycles. The molecular weight excluding hydrogens is 544 g/mol. The van der Waals surface area contributed by atoms with Gasteiger partial charge in [0.2, 0.25) is 0 Å². The molecule has 240 valence electrons. The molecule has 0 radical (unpaired) electrons. The normalized spacial score (nSPS) is 23.8. The van der Waals surface area contributed by atoms with E-state index in [-0.39, 0.29) is 29.8 Å². The average molecular weight is 601 g/mol. The van der Waals surface area contributed by atoms with Crippen LogP contribution in [0.4, 0.5) is 0 Å². The summed E-state index contributed by atoms with van der Waals surface area (Å²) < 4.78 is 0. The smallest absolute Gasteiger partial charge is 0.261 e. The lowest BCUT2D eigenvalue weighted by Gasteiger charge is -2.38. The van der Waals surface area contributed by atoms with Crippen molar-refractivity contribution in [2.24, 2.45) is 11.8 Å². The van der Waals surface area contributed by atoms with Crippen molar-refractivity contribution in [1.29, 1.82) is 0 Å². The molecule has 0 spiro atoms. The van der Waals surface area contributed by atoms with E-state index in [1.807, 2.05) is 25.1 Å². The fourth-order valence-corrected chi connectivity index (χ4v) is 8.18. The predicted octanol–water partition coefficient (Wildman–Crippen LogP) is 9.92. The van der Waals surface area contributed by atoms with Crippen LogP contribution < -0.4 is 5.32 Å². The molecule has 2 aromatic carbocycles. The molecule has 2 saturated carbocycles. The zero-order chi connectivity index (χ0) is 31.1. The summed E-state index contributed by atoms with van der Waals surface area (Å²) in [5.74, 6) is 0.945. The average Bonchev–Trinajstić information content (AvgIpc) is 3.03. The second-order valence-corrected chi connectivity index (χ2v) is 14.4. The Morgan fingerprint density at radius 1 is 0.727 bits per heavy atom. The largest absolute Gasteiger partial charge is 0.349 e. The molecule has 3 aliphatic rings. The van der Waals surface area contributed by atoms with Gasteiger partial charge in [0, 0.05) is 34.2 Å². The minimum Gasteiger partial charge on any atom is -0.349 e. The molecule has 1 N–H and O–H groups in total. The van der Waals surface area contributed by atoms with E-state index in [4.69, 9.17) is 0 Å². The highest BCUT2D eigenvalue weighted by atomic mass is 16.2. The Bertz CT molecular complexity index is 1280. The van der Waals surface area contributed by atoms with Gasteiger partial charge in [-0.25, -0.2) is 0 Å². The number of hydrogen-bond acceptors (Lipinski definition) is 3. The molecule has 44 heavy (non-hydrogen) atoms. The zero-order valence-corrected chi connectivity index (χ0v) is 27.7. The van der Waals surface area contributed by atoms with Crippen LogP contribution in [-0.4, -0.2) is 34.7 Å². The van der Waals surface area contributed by atoms with Crippen molar-refractivity contribution >= 4 is 28.5 Å². The molecule has 3 amide bonds. The van der Waals surface area contributed by atoms with Gasteiger partial charge in [0.1, 0.15) is 0 Å². The highest BCUT2D eigenvalue weighted by Gasteiger charge is 2.39. The molecule has 1 heterocycles. The number of aryl methyl sites for hydroxylation is 1. The molecule has 2 aliphatic carbocycles. The molecule has 5 rings (SSSR count). The van der Waals surface area contributed by atoms with Crippen LogP contribution in [0.3, 0.4) is 0 Å². The minimum absolute atomic E-state index is 0.0415. The van der Waals surface area contributed by atoms with Crippen LogP contribution in [0.5, 0.6) is 0 Å². The van der Waals surface area contributed by atoms with Gasteiger partial charge < -0.3 is 5.32 Å². The Labute approximate surface area is 265 Å². The van der Waals surface area contributed by atoms with Crippen molar-refractivity contribution in [3.63, 3.8) is 0 Å². The van der Waals surface area contributed by atoms with Crippen molar-refractivity contribution in [3.8, 4) is 0 Å². The third kappa shape index (κ3) is 7.57. The van der Waals surface area contributed by atoms with Crippen LogP contribution in [0.25, 0.3) is 10.8 Å². The van der Waals surface area contributed by atoms with Gasteiger partial charge in [-0.05, 0) is 99.3 Å². The molecule has 0 aromatic heterocycles. The Morgan fingerprint density at radius 2 is 1.30 bits per heavy atom. The summed E-state index contributed by atoms with van der Waals surface area (Å²) in [6.07, 6.45) is 23.2. The summed E-state index contributed by atoms with van der Waals surface area (Å²) in [4.78, 5) is 42.9. The summed E-state index contributed by atoms with van der Waals surface area (Å²) in [6, 6.07) is 7.55. The van der Waals surface area contributed by atoms with Gasteiger partial charge >= 0.3 is 0 Å². The Balaban J connectivity index is 1.17. The van der Waals surface area contributed by atoms with E-state index < -0.39 is 0 Å². The monoisotopic (exact) mass is 600 g/mol. The van der Waals surface area contributed by atoms with Crippen LogP contribution in [0.2, 0.25) is 0 Å². The van der Waals surface area contributed by atoms with E-state index in [9.17, 15) is 14.4 Å². The molecule has 5 heteroatoms. The van der Waals surface area contributed by atoms with Crippen LogP contribution in [0.15, 0.2) is 24.3 Å². The van der Waals surface area contributed by atoms with E-state index in [1.165, 1.54) is 70.6 Å². The van der Waals surface area contributed by atoms with E-state index >= 15 is 0 Å². The second kappa shape index (κ2) is 15.5. The lowest BCUT2D eigenvalue weighted by molar-refractivity contribution is 0.0481. The van der Waals surface area contributed by atoms with Crippen molar-refractivity contribution in [2.75, 3.05) is 0 Å². The topological polar surface area (TPSA) is 66.5 Å². The SMILES string of the molecule is CCCCCCCCCCCCC1CCC(N2C(=O)c3ccc(C)c4c(C(=O)NC5CCC(C)CC5)ccc(c34)C2=O)CC1. The van der Waals surface area contributed by atoms with Crippen molar-refractivity contribution < 1.29 is 14.4 Å². The fourth-order valence-electron chi connectivity index (χ4n) is 8.18. The van der Waals surface area contributed by atoms with Crippen LogP contribution >= 0.6 is 0 Å². The number of amides is 3. The third-order valence-corrected chi connectivity index (χ3v) is 11.0. The number of unbranched alkanes of at least 4 members (excludes halogenated alkanes) is 9. The molecule has 2 aromatic rings. The minimum atomic E-state index is -0.190. The maximum atomic E-state index is 13.9. The fraction of sp³-hybridized carbons (Fsp3) is 0.667. The maximum Gasteiger partial charge on any atom is 0.261 e. The summed E-state index contributed by atoms with van der Waals surface area (Å²) >= 11 is 0. The number of carbonyl (C=O) groups excluding carboxylic acids is 3.